The molecule has 0 saturated heterocycles. The number of ether oxygens (including phenoxy) is 1. The van der Waals surface area contributed by atoms with E-state index in [1.807, 2.05) is 37.3 Å². The fraction of sp³-hybridized carbons (Fsp3) is 0.240. The zero-order chi connectivity index (χ0) is 23.7. The minimum Gasteiger partial charge on any atom is -0.441 e. The van der Waals surface area contributed by atoms with Crippen LogP contribution >= 0.6 is 11.6 Å². The molecule has 0 spiro atoms. The number of nitrogens with zero attached hydrogens (tertiary/aromatic N) is 5. The van der Waals surface area contributed by atoms with Gasteiger partial charge in [-0.3, -0.25) is 4.98 Å². The molecule has 0 unspecified atom stereocenters. The van der Waals surface area contributed by atoms with Crippen LogP contribution in [0.2, 0.25) is 5.02 Å². The maximum Gasteiger partial charge on any atom is 0.192 e. The van der Waals surface area contributed by atoms with Crippen LogP contribution in [0, 0.1) is 12.8 Å². The fourth-order valence-electron chi connectivity index (χ4n) is 3.56. The Kier molecular flexibility index (Phi) is 6.08. The zero-order valence-corrected chi connectivity index (χ0v) is 19.8. The van der Waals surface area contributed by atoms with Crippen LogP contribution in [0.1, 0.15) is 25.6 Å². The molecule has 4 heterocycles. The fourth-order valence-corrected chi connectivity index (χ4v) is 3.78. The van der Waals surface area contributed by atoms with Crippen molar-refractivity contribution in [3.63, 3.8) is 0 Å². The van der Waals surface area contributed by atoms with Gasteiger partial charge in [-0.2, -0.15) is 0 Å². The smallest absolute Gasteiger partial charge is 0.192 e. The summed E-state index contributed by atoms with van der Waals surface area (Å²) in [6, 6.07) is 13.1. The van der Waals surface area contributed by atoms with E-state index in [0.717, 1.165) is 16.6 Å². The highest BCUT2D eigenvalue weighted by atomic mass is 35.5. The molecule has 34 heavy (non-hydrogen) atoms. The van der Waals surface area contributed by atoms with E-state index in [0.29, 0.717) is 57.7 Å². The predicted octanol–water partition coefficient (Wildman–Crippen LogP) is 6.11. The molecule has 8 nitrogen and oxygen atoms in total. The maximum absolute atomic E-state index is 6.35. The zero-order valence-electron chi connectivity index (χ0n) is 19.0. The topological polar surface area (TPSA) is 98.9 Å². The van der Waals surface area contributed by atoms with Crippen molar-refractivity contribution >= 4 is 45.2 Å². The summed E-state index contributed by atoms with van der Waals surface area (Å²) in [7, 11) is 0. The van der Waals surface area contributed by atoms with Crippen LogP contribution in [0.4, 0.5) is 11.5 Å². The number of hydrogen-bond donors (Lipinski definition) is 1. The van der Waals surface area contributed by atoms with Gasteiger partial charge in [0.15, 0.2) is 22.9 Å². The van der Waals surface area contributed by atoms with Crippen LogP contribution in [0.3, 0.4) is 0 Å². The SMILES string of the molecule is Cc1nc2ccc(Nc3nc(COCC(C)C)nc4nc(-c5ncccc5Cl)ccc34)cc2o1. The molecule has 9 heteroatoms. The van der Waals surface area contributed by atoms with E-state index in [4.69, 9.17) is 30.7 Å². The van der Waals surface area contributed by atoms with Gasteiger partial charge in [0.25, 0.3) is 0 Å². The molecule has 4 aromatic heterocycles. The van der Waals surface area contributed by atoms with Crippen molar-refractivity contribution in [3.05, 3.63) is 65.4 Å². The molecule has 1 N–H and O–H groups in total. The number of aromatic nitrogens is 5. The van der Waals surface area contributed by atoms with Gasteiger partial charge in [0.05, 0.1) is 16.1 Å². The van der Waals surface area contributed by atoms with E-state index in [-0.39, 0.29) is 6.61 Å². The average Bonchev–Trinajstić information content (AvgIpc) is 3.18. The van der Waals surface area contributed by atoms with Crippen molar-refractivity contribution in [3.8, 4) is 11.4 Å². The summed E-state index contributed by atoms with van der Waals surface area (Å²) in [5.74, 6) is 2.18. The standard InChI is InChI=1S/C25H23ClN6O2/c1-14(2)12-33-13-22-31-24(29-16-6-8-19-21(11-16)34-15(3)28-19)17-7-9-20(30-25(17)32-22)23-18(26)5-4-10-27-23/h4-11,14H,12-13H2,1-3H3,(H,29,30,31,32). The third-order valence-electron chi connectivity index (χ3n) is 5.05. The van der Waals surface area contributed by atoms with Gasteiger partial charge < -0.3 is 14.5 Å². The van der Waals surface area contributed by atoms with Crippen LogP contribution in [-0.2, 0) is 11.3 Å². The second-order valence-corrected chi connectivity index (χ2v) is 8.75. The van der Waals surface area contributed by atoms with Crippen molar-refractivity contribution in [2.45, 2.75) is 27.4 Å². The highest BCUT2D eigenvalue weighted by Crippen LogP contribution is 2.29. The Balaban J connectivity index is 1.56. The Morgan fingerprint density at radius 3 is 2.76 bits per heavy atom. The van der Waals surface area contributed by atoms with Crippen LogP contribution in [0.25, 0.3) is 33.5 Å². The van der Waals surface area contributed by atoms with E-state index in [9.17, 15) is 0 Å². The number of nitrogens with one attached hydrogen (secondary N) is 1. The van der Waals surface area contributed by atoms with Crippen LogP contribution < -0.4 is 5.32 Å². The molecule has 5 aromatic rings. The molecule has 1 aromatic carbocycles. The summed E-state index contributed by atoms with van der Waals surface area (Å²) in [5.41, 5.74) is 4.08. The first-order valence-electron chi connectivity index (χ1n) is 11.0. The summed E-state index contributed by atoms with van der Waals surface area (Å²) >= 11 is 6.35. The normalized spacial score (nSPS) is 11.6. The van der Waals surface area contributed by atoms with Crippen LogP contribution in [-0.4, -0.2) is 31.5 Å². The van der Waals surface area contributed by atoms with Gasteiger partial charge in [0, 0.05) is 31.5 Å². The summed E-state index contributed by atoms with van der Waals surface area (Å²) in [4.78, 5) is 22.9. The summed E-state index contributed by atoms with van der Waals surface area (Å²) in [5, 5.41) is 4.67. The van der Waals surface area contributed by atoms with Gasteiger partial charge in [0.2, 0.25) is 0 Å². The number of aryl methyl sites for hydroxylation is 1. The van der Waals surface area contributed by atoms with Gasteiger partial charge in [0.1, 0.15) is 23.6 Å². The Labute approximate surface area is 201 Å². The highest BCUT2D eigenvalue weighted by molar-refractivity contribution is 6.32. The maximum atomic E-state index is 6.35. The van der Waals surface area contributed by atoms with Gasteiger partial charge >= 0.3 is 0 Å². The number of oxazole rings is 1. The second kappa shape index (κ2) is 9.32. The minimum absolute atomic E-state index is 0.277. The number of hydrogen-bond acceptors (Lipinski definition) is 8. The molecule has 0 amide bonds. The number of halogens is 1. The van der Waals surface area contributed by atoms with Crippen molar-refractivity contribution in [2.24, 2.45) is 5.92 Å². The summed E-state index contributed by atoms with van der Waals surface area (Å²) in [6.45, 7) is 6.91. The Bertz CT molecular complexity index is 1480. The van der Waals surface area contributed by atoms with E-state index in [2.05, 4.69) is 34.1 Å². The Hall–Kier alpha value is -3.62. The number of pyridine rings is 2. The molecule has 0 bridgehead atoms. The lowest BCUT2D eigenvalue weighted by Gasteiger charge is -2.12. The molecule has 172 valence electrons. The molecular weight excluding hydrogens is 452 g/mol. The van der Waals surface area contributed by atoms with Gasteiger partial charge in [-0.25, -0.2) is 19.9 Å². The number of benzene rings is 1. The Morgan fingerprint density at radius 1 is 1.06 bits per heavy atom. The highest BCUT2D eigenvalue weighted by Gasteiger charge is 2.14. The van der Waals surface area contributed by atoms with Crippen LogP contribution in [0.5, 0.6) is 0 Å². The lowest BCUT2D eigenvalue weighted by Crippen LogP contribution is -2.07. The second-order valence-electron chi connectivity index (χ2n) is 8.34. The number of fused-ring (bicyclic) bond motifs is 2. The van der Waals surface area contributed by atoms with Crippen molar-refractivity contribution < 1.29 is 9.15 Å². The predicted molar refractivity (Wildman–Crippen MR) is 132 cm³/mol. The molecule has 0 aliphatic heterocycles. The van der Waals surface area contributed by atoms with Gasteiger partial charge in [-0.15, -0.1) is 0 Å². The first kappa shape index (κ1) is 22.2. The molecule has 0 aliphatic carbocycles. The molecule has 0 fully saturated rings. The Morgan fingerprint density at radius 2 is 1.94 bits per heavy atom. The quantitative estimate of drug-likeness (QED) is 0.302. The van der Waals surface area contributed by atoms with Crippen molar-refractivity contribution in [2.75, 3.05) is 11.9 Å². The molecule has 0 saturated carbocycles. The van der Waals surface area contributed by atoms with E-state index in [1.54, 1.807) is 18.3 Å². The molecule has 5 rings (SSSR count). The molecule has 0 radical (unpaired) electrons. The van der Waals surface area contributed by atoms with Gasteiger partial charge in [-0.05, 0) is 42.3 Å². The molecular formula is C25H23ClN6O2. The van der Waals surface area contributed by atoms with Crippen LogP contribution in [0.15, 0.2) is 53.1 Å². The third kappa shape index (κ3) is 4.69. The first-order valence-corrected chi connectivity index (χ1v) is 11.3. The summed E-state index contributed by atoms with van der Waals surface area (Å²) in [6.07, 6.45) is 1.69. The first-order chi connectivity index (χ1) is 16.5. The summed E-state index contributed by atoms with van der Waals surface area (Å²) < 4.78 is 11.5. The van der Waals surface area contributed by atoms with Crippen molar-refractivity contribution in [1.29, 1.82) is 0 Å². The van der Waals surface area contributed by atoms with Crippen molar-refractivity contribution in [1.82, 2.24) is 24.9 Å². The monoisotopic (exact) mass is 474 g/mol. The molecule has 0 aliphatic rings. The van der Waals surface area contributed by atoms with E-state index in [1.165, 1.54) is 0 Å². The van der Waals surface area contributed by atoms with E-state index >= 15 is 0 Å². The van der Waals surface area contributed by atoms with E-state index < -0.39 is 0 Å². The third-order valence-corrected chi connectivity index (χ3v) is 5.35. The lowest BCUT2D eigenvalue weighted by molar-refractivity contribution is 0.0925. The average molecular weight is 475 g/mol. The molecule has 0 atom stereocenters. The van der Waals surface area contributed by atoms with Gasteiger partial charge in [-0.1, -0.05) is 25.4 Å². The lowest BCUT2D eigenvalue weighted by atomic mass is 10.2. The largest absolute Gasteiger partial charge is 0.441 e. The number of anilines is 2. The number of rotatable bonds is 7. The minimum atomic E-state index is 0.277.